The molecule has 0 saturated heterocycles. The van der Waals surface area contributed by atoms with Gasteiger partial charge in [-0.05, 0) is 46.9 Å². The highest BCUT2D eigenvalue weighted by Crippen LogP contribution is 2.26. The average molecular weight is 489 g/mol. The SMILES string of the molecule is COC(=O)c1ccc(/C=C(\CCOc2cccc3ccccc23)CNc2cccc3cccnc23)cc1. The number of hydrogen-bond donors (Lipinski definition) is 1. The van der Waals surface area contributed by atoms with Crippen LogP contribution in [-0.2, 0) is 4.74 Å². The molecule has 0 bridgehead atoms. The van der Waals surface area contributed by atoms with Crippen LogP contribution in [-0.4, -0.2) is 31.2 Å². The molecule has 4 aromatic carbocycles. The van der Waals surface area contributed by atoms with Crippen LogP contribution in [0.25, 0.3) is 27.8 Å². The van der Waals surface area contributed by atoms with Gasteiger partial charge in [0.15, 0.2) is 0 Å². The summed E-state index contributed by atoms with van der Waals surface area (Å²) in [6.45, 7) is 1.17. The van der Waals surface area contributed by atoms with Crippen LogP contribution in [0.3, 0.4) is 0 Å². The largest absolute Gasteiger partial charge is 0.493 e. The molecule has 0 unspecified atom stereocenters. The normalized spacial score (nSPS) is 11.4. The van der Waals surface area contributed by atoms with Gasteiger partial charge in [-0.1, -0.05) is 72.8 Å². The summed E-state index contributed by atoms with van der Waals surface area (Å²) in [5.74, 6) is 0.537. The lowest BCUT2D eigenvalue weighted by Crippen LogP contribution is -2.09. The van der Waals surface area contributed by atoms with Crippen LogP contribution in [0.2, 0.25) is 0 Å². The maximum atomic E-state index is 11.8. The van der Waals surface area contributed by atoms with Crippen molar-refractivity contribution in [3.8, 4) is 5.75 Å². The van der Waals surface area contributed by atoms with E-state index in [1.807, 2.05) is 60.8 Å². The van der Waals surface area contributed by atoms with Gasteiger partial charge in [0, 0.05) is 29.9 Å². The molecule has 0 saturated carbocycles. The molecule has 0 fully saturated rings. The highest BCUT2D eigenvalue weighted by Gasteiger charge is 2.08. The second-order valence-corrected chi connectivity index (χ2v) is 8.73. The first kappa shape index (κ1) is 24.1. The first-order chi connectivity index (χ1) is 18.2. The number of rotatable bonds is 9. The summed E-state index contributed by atoms with van der Waals surface area (Å²) in [5.41, 5.74) is 4.63. The standard InChI is InChI=1S/C32H28N2O3/c1-36-32(35)27-16-14-23(15-17-27)21-24(22-34-29-12-4-9-26-10-6-19-33-31(26)29)18-20-37-30-13-5-8-25-7-2-3-11-28(25)30/h2-17,19,21,34H,18,20,22H2,1H3/b24-21+. The fourth-order valence-corrected chi connectivity index (χ4v) is 4.35. The number of hydrogen-bond acceptors (Lipinski definition) is 5. The Morgan fingerprint density at radius 1 is 0.865 bits per heavy atom. The van der Waals surface area contributed by atoms with Gasteiger partial charge >= 0.3 is 5.97 Å². The van der Waals surface area contributed by atoms with Crippen molar-refractivity contribution < 1.29 is 14.3 Å². The summed E-state index contributed by atoms with van der Waals surface area (Å²) in [7, 11) is 1.39. The van der Waals surface area contributed by atoms with Crippen molar-refractivity contribution in [1.29, 1.82) is 0 Å². The second-order valence-electron chi connectivity index (χ2n) is 8.73. The van der Waals surface area contributed by atoms with Crippen molar-refractivity contribution in [1.82, 2.24) is 4.98 Å². The van der Waals surface area contributed by atoms with E-state index in [1.54, 1.807) is 12.1 Å². The molecule has 1 heterocycles. The molecule has 5 heteroatoms. The molecular weight excluding hydrogens is 460 g/mol. The first-order valence-corrected chi connectivity index (χ1v) is 12.3. The Balaban J connectivity index is 1.35. The van der Waals surface area contributed by atoms with Crippen LogP contribution in [0.1, 0.15) is 22.3 Å². The van der Waals surface area contributed by atoms with Gasteiger partial charge in [-0.2, -0.15) is 0 Å². The smallest absolute Gasteiger partial charge is 0.337 e. The molecule has 0 spiro atoms. The van der Waals surface area contributed by atoms with Crippen molar-refractivity contribution in [3.05, 3.63) is 120 Å². The molecule has 5 nitrogen and oxygen atoms in total. The number of methoxy groups -OCH3 is 1. The Morgan fingerprint density at radius 2 is 1.62 bits per heavy atom. The summed E-state index contributed by atoms with van der Waals surface area (Å²) < 4.78 is 11.1. The topological polar surface area (TPSA) is 60.5 Å². The number of ether oxygens (including phenoxy) is 2. The Kier molecular flexibility index (Phi) is 7.42. The van der Waals surface area contributed by atoms with Gasteiger partial charge in [-0.25, -0.2) is 4.79 Å². The number of nitrogens with zero attached hydrogens (tertiary/aromatic N) is 1. The molecule has 0 amide bonds. The van der Waals surface area contributed by atoms with E-state index in [0.717, 1.165) is 45.1 Å². The zero-order chi connectivity index (χ0) is 25.5. The number of esters is 1. The number of para-hydroxylation sites is 1. The second kappa shape index (κ2) is 11.4. The lowest BCUT2D eigenvalue weighted by Gasteiger charge is -2.14. The van der Waals surface area contributed by atoms with Gasteiger partial charge in [-0.3, -0.25) is 4.98 Å². The van der Waals surface area contributed by atoms with Crippen molar-refractivity contribution in [2.24, 2.45) is 0 Å². The maximum absolute atomic E-state index is 11.8. The molecule has 37 heavy (non-hydrogen) atoms. The number of carbonyl (C=O) groups excluding carboxylic acids is 1. The highest BCUT2D eigenvalue weighted by molar-refractivity contribution is 5.91. The molecule has 0 aliphatic heterocycles. The predicted octanol–water partition coefficient (Wildman–Crippen LogP) is 7.14. The predicted molar refractivity (Wildman–Crippen MR) is 150 cm³/mol. The monoisotopic (exact) mass is 488 g/mol. The third kappa shape index (κ3) is 5.78. The van der Waals surface area contributed by atoms with Crippen LogP contribution in [0.5, 0.6) is 5.75 Å². The molecular formula is C32H28N2O3. The van der Waals surface area contributed by atoms with Gasteiger partial charge in [0.05, 0.1) is 30.5 Å². The molecule has 0 atom stereocenters. The van der Waals surface area contributed by atoms with Gasteiger partial charge in [0.25, 0.3) is 0 Å². The molecule has 0 radical (unpaired) electrons. The Labute approximate surface area is 216 Å². The quantitative estimate of drug-likeness (QED) is 0.224. The Hall–Kier alpha value is -4.64. The fourth-order valence-electron chi connectivity index (χ4n) is 4.35. The zero-order valence-corrected chi connectivity index (χ0v) is 20.7. The fraction of sp³-hybridized carbons (Fsp3) is 0.125. The van der Waals surface area contributed by atoms with Crippen molar-refractivity contribution >= 4 is 39.4 Å². The molecule has 184 valence electrons. The molecule has 1 aromatic heterocycles. The lowest BCUT2D eigenvalue weighted by molar-refractivity contribution is 0.0600. The van der Waals surface area contributed by atoms with Gasteiger partial charge in [-0.15, -0.1) is 0 Å². The number of fused-ring (bicyclic) bond motifs is 2. The summed E-state index contributed by atoms with van der Waals surface area (Å²) in [6, 6.07) is 31.9. The average Bonchev–Trinajstić information content (AvgIpc) is 2.96. The van der Waals surface area contributed by atoms with E-state index in [1.165, 1.54) is 12.7 Å². The number of anilines is 1. The minimum Gasteiger partial charge on any atom is -0.493 e. The van der Waals surface area contributed by atoms with Crippen LogP contribution < -0.4 is 10.1 Å². The van der Waals surface area contributed by atoms with E-state index in [2.05, 4.69) is 46.7 Å². The number of pyridine rings is 1. The molecule has 5 aromatic rings. The van der Waals surface area contributed by atoms with Crippen LogP contribution >= 0.6 is 0 Å². The van der Waals surface area contributed by atoms with Crippen LogP contribution in [0.4, 0.5) is 5.69 Å². The Morgan fingerprint density at radius 3 is 2.49 bits per heavy atom. The molecule has 1 N–H and O–H groups in total. The molecule has 5 rings (SSSR count). The number of aromatic nitrogens is 1. The van der Waals surface area contributed by atoms with Crippen molar-refractivity contribution in [2.45, 2.75) is 6.42 Å². The minimum absolute atomic E-state index is 0.343. The number of carbonyl (C=O) groups is 1. The van der Waals surface area contributed by atoms with Crippen molar-refractivity contribution in [2.75, 3.05) is 25.6 Å². The summed E-state index contributed by atoms with van der Waals surface area (Å²) >= 11 is 0. The maximum Gasteiger partial charge on any atom is 0.337 e. The molecule has 0 aliphatic carbocycles. The van der Waals surface area contributed by atoms with Gasteiger partial charge in [0.1, 0.15) is 5.75 Å². The summed E-state index contributed by atoms with van der Waals surface area (Å²) in [4.78, 5) is 16.4. The van der Waals surface area contributed by atoms with E-state index < -0.39 is 0 Å². The van der Waals surface area contributed by atoms with Gasteiger partial charge in [0.2, 0.25) is 0 Å². The number of nitrogens with one attached hydrogen (secondary N) is 1. The summed E-state index contributed by atoms with van der Waals surface area (Å²) in [6.07, 6.45) is 4.68. The zero-order valence-electron chi connectivity index (χ0n) is 20.7. The third-order valence-corrected chi connectivity index (χ3v) is 6.27. The lowest BCUT2D eigenvalue weighted by atomic mass is 10.1. The van der Waals surface area contributed by atoms with E-state index in [9.17, 15) is 4.79 Å². The van der Waals surface area contributed by atoms with Crippen molar-refractivity contribution in [3.63, 3.8) is 0 Å². The van der Waals surface area contributed by atoms with Crippen LogP contribution in [0, 0.1) is 0 Å². The summed E-state index contributed by atoms with van der Waals surface area (Å²) in [5, 5.41) is 6.92. The van der Waals surface area contributed by atoms with E-state index in [0.29, 0.717) is 18.7 Å². The van der Waals surface area contributed by atoms with E-state index in [-0.39, 0.29) is 5.97 Å². The molecule has 0 aliphatic rings. The van der Waals surface area contributed by atoms with Gasteiger partial charge < -0.3 is 14.8 Å². The third-order valence-electron chi connectivity index (χ3n) is 6.27. The minimum atomic E-state index is -0.343. The Bertz CT molecular complexity index is 1550. The highest BCUT2D eigenvalue weighted by atomic mass is 16.5. The first-order valence-electron chi connectivity index (χ1n) is 12.3. The van der Waals surface area contributed by atoms with E-state index in [4.69, 9.17) is 9.47 Å². The number of benzene rings is 4. The van der Waals surface area contributed by atoms with Crippen LogP contribution in [0.15, 0.2) is 109 Å². The van der Waals surface area contributed by atoms with E-state index >= 15 is 0 Å².